The third-order valence-electron chi connectivity index (χ3n) is 5.11. The minimum atomic E-state index is -4.68. The number of aryl methyl sites for hydroxylation is 1. The molecule has 4 aromatic rings. The Morgan fingerprint density at radius 1 is 1.12 bits per heavy atom. The third kappa shape index (κ3) is 4.74. The zero-order valence-electron chi connectivity index (χ0n) is 17.8. The van der Waals surface area contributed by atoms with Crippen molar-refractivity contribution in [3.8, 4) is 17.1 Å². The lowest BCUT2D eigenvalue weighted by atomic mass is 10.1. The Kier molecular flexibility index (Phi) is 6.30. The van der Waals surface area contributed by atoms with Crippen molar-refractivity contribution in [1.29, 1.82) is 0 Å². The summed E-state index contributed by atoms with van der Waals surface area (Å²) in [4.78, 5) is 15.7. The molecular weight excluding hydrogens is 469 g/mol. The summed E-state index contributed by atoms with van der Waals surface area (Å²) in [7, 11) is 0. The molecule has 0 saturated heterocycles. The Balaban J connectivity index is 1.91. The van der Waals surface area contributed by atoms with Gasteiger partial charge in [0.15, 0.2) is 5.82 Å². The second-order valence-electron chi connectivity index (χ2n) is 7.37. The Morgan fingerprint density at radius 2 is 1.91 bits per heavy atom. The zero-order valence-corrected chi connectivity index (χ0v) is 18.5. The van der Waals surface area contributed by atoms with Gasteiger partial charge in [0.2, 0.25) is 0 Å². The van der Waals surface area contributed by atoms with E-state index in [0.717, 1.165) is 22.7 Å². The van der Waals surface area contributed by atoms with Crippen molar-refractivity contribution in [2.24, 2.45) is 0 Å². The molecular formula is C24H18ClF3N4O2. The number of aromatic carboxylic acids is 1. The van der Waals surface area contributed by atoms with Gasteiger partial charge in [-0.1, -0.05) is 36.7 Å². The molecule has 0 aliphatic rings. The minimum absolute atomic E-state index is 0.103. The average Bonchev–Trinajstić information content (AvgIpc) is 3.23. The molecule has 0 unspecified atom stereocenters. The molecule has 6 nitrogen and oxygen atoms in total. The standard InChI is InChI=1S/C24H18ClF3N4O2/c1-2-14-5-3-6-15(11-14)20-13-21(30-19-9-8-16(25)12-17(19)23(33)34)32(31-20)22-18(24(26,27)28)7-4-10-29-22/h3-13,30H,2H2,1H3,(H,33,34). The third-order valence-corrected chi connectivity index (χ3v) is 5.34. The minimum Gasteiger partial charge on any atom is -0.478 e. The van der Waals surface area contributed by atoms with Crippen LogP contribution in [0.25, 0.3) is 17.1 Å². The van der Waals surface area contributed by atoms with Crippen molar-refractivity contribution in [2.75, 3.05) is 5.32 Å². The number of halogens is 4. The molecule has 2 N–H and O–H groups in total. The summed E-state index contributed by atoms with van der Waals surface area (Å²) in [6.45, 7) is 1.99. The number of carboxylic acid groups (broad SMARTS) is 1. The van der Waals surface area contributed by atoms with E-state index in [4.69, 9.17) is 11.6 Å². The Hall–Kier alpha value is -3.85. The van der Waals surface area contributed by atoms with Crippen LogP contribution in [0.2, 0.25) is 5.02 Å². The molecule has 0 amide bonds. The molecule has 2 aromatic heterocycles. The number of anilines is 2. The molecule has 34 heavy (non-hydrogen) atoms. The first-order valence-electron chi connectivity index (χ1n) is 10.2. The number of pyridine rings is 1. The van der Waals surface area contributed by atoms with E-state index in [1.54, 1.807) is 12.1 Å². The van der Waals surface area contributed by atoms with Gasteiger partial charge in [-0.05, 0) is 48.4 Å². The van der Waals surface area contributed by atoms with E-state index in [-0.39, 0.29) is 22.1 Å². The van der Waals surface area contributed by atoms with Gasteiger partial charge in [-0.25, -0.2) is 9.78 Å². The quantitative estimate of drug-likeness (QED) is 0.320. The van der Waals surface area contributed by atoms with Crippen LogP contribution in [0.15, 0.2) is 66.9 Å². The number of carbonyl (C=O) groups is 1. The molecule has 0 radical (unpaired) electrons. The molecule has 2 heterocycles. The highest BCUT2D eigenvalue weighted by Crippen LogP contribution is 2.36. The van der Waals surface area contributed by atoms with E-state index >= 15 is 0 Å². The summed E-state index contributed by atoms with van der Waals surface area (Å²) >= 11 is 5.93. The number of hydrogen-bond donors (Lipinski definition) is 2. The number of hydrogen-bond acceptors (Lipinski definition) is 4. The van der Waals surface area contributed by atoms with Crippen LogP contribution in [0, 0.1) is 0 Å². The van der Waals surface area contributed by atoms with Gasteiger partial charge in [0.05, 0.1) is 16.9 Å². The molecule has 0 fully saturated rings. The van der Waals surface area contributed by atoms with Crippen LogP contribution in [0.5, 0.6) is 0 Å². The number of nitrogens with one attached hydrogen (secondary N) is 1. The summed E-state index contributed by atoms with van der Waals surface area (Å²) in [5.74, 6) is -1.59. The molecule has 0 spiro atoms. The van der Waals surface area contributed by atoms with E-state index in [0.29, 0.717) is 11.3 Å². The van der Waals surface area contributed by atoms with Crippen LogP contribution in [-0.4, -0.2) is 25.8 Å². The number of alkyl halides is 3. The summed E-state index contributed by atoms with van der Waals surface area (Å²) in [6, 6.07) is 15.3. The van der Waals surface area contributed by atoms with Gasteiger partial charge in [-0.2, -0.15) is 23.0 Å². The summed E-state index contributed by atoms with van der Waals surface area (Å²) < 4.78 is 42.2. The van der Waals surface area contributed by atoms with Gasteiger partial charge in [-0.15, -0.1) is 0 Å². The lowest BCUT2D eigenvalue weighted by molar-refractivity contribution is -0.137. The molecule has 0 aliphatic carbocycles. The molecule has 4 rings (SSSR count). The number of nitrogens with zero attached hydrogens (tertiary/aromatic N) is 3. The maximum atomic E-state index is 13.7. The van der Waals surface area contributed by atoms with Crippen LogP contribution < -0.4 is 5.32 Å². The van der Waals surface area contributed by atoms with Crippen molar-refractivity contribution < 1.29 is 23.1 Å². The molecule has 0 aliphatic heterocycles. The average molecular weight is 487 g/mol. The van der Waals surface area contributed by atoms with Crippen LogP contribution in [0.1, 0.15) is 28.4 Å². The fourth-order valence-corrected chi connectivity index (χ4v) is 3.62. The van der Waals surface area contributed by atoms with Gasteiger partial charge < -0.3 is 10.4 Å². The van der Waals surface area contributed by atoms with Crippen LogP contribution in [0.4, 0.5) is 24.7 Å². The Bertz CT molecular complexity index is 1370. The van der Waals surface area contributed by atoms with E-state index in [2.05, 4.69) is 15.4 Å². The normalized spacial score (nSPS) is 11.4. The monoisotopic (exact) mass is 486 g/mol. The number of aromatic nitrogens is 3. The highest BCUT2D eigenvalue weighted by molar-refractivity contribution is 6.31. The number of carboxylic acids is 1. The highest BCUT2D eigenvalue weighted by Gasteiger charge is 2.35. The second kappa shape index (κ2) is 9.18. The van der Waals surface area contributed by atoms with Gasteiger partial charge in [-0.3, -0.25) is 0 Å². The molecule has 2 aromatic carbocycles. The number of rotatable bonds is 6. The van der Waals surface area contributed by atoms with Gasteiger partial charge in [0.25, 0.3) is 0 Å². The van der Waals surface area contributed by atoms with Crippen LogP contribution in [-0.2, 0) is 12.6 Å². The van der Waals surface area contributed by atoms with Crippen molar-refractivity contribution in [3.05, 3.63) is 88.6 Å². The molecule has 10 heteroatoms. The summed E-state index contributed by atoms with van der Waals surface area (Å²) in [5.41, 5.74) is 1.12. The van der Waals surface area contributed by atoms with Gasteiger partial charge >= 0.3 is 12.1 Å². The first-order valence-corrected chi connectivity index (χ1v) is 10.6. The predicted molar refractivity (Wildman–Crippen MR) is 123 cm³/mol. The van der Waals surface area contributed by atoms with Crippen molar-refractivity contribution in [1.82, 2.24) is 14.8 Å². The lowest BCUT2D eigenvalue weighted by Gasteiger charge is -2.15. The fourth-order valence-electron chi connectivity index (χ4n) is 3.45. The maximum absolute atomic E-state index is 13.7. The van der Waals surface area contributed by atoms with Crippen molar-refractivity contribution in [3.63, 3.8) is 0 Å². The topological polar surface area (TPSA) is 80.0 Å². The van der Waals surface area contributed by atoms with E-state index < -0.39 is 23.5 Å². The van der Waals surface area contributed by atoms with Gasteiger partial charge in [0, 0.05) is 22.8 Å². The van der Waals surface area contributed by atoms with E-state index in [9.17, 15) is 23.1 Å². The smallest absolute Gasteiger partial charge is 0.420 e. The van der Waals surface area contributed by atoms with Crippen LogP contribution in [0.3, 0.4) is 0 Å². The maximum Gasteiger partial charge on any atom is 0.420 e. The van der Waals surface area contributed by atoms with Crippen molar-refractivity contribution in [2.45, 2.75) is 19.5 Å². The molecule has 0 bridgehead atoms. The number of benzene rings is 2. The first-order chi connectivity index (χ1) is 16.2. The van der Waals surface area contributed by atoms with Crippen LogP contribution >= 0.6 is 11.6 Å². The molecule has 0 atom stereocenters. The second-order valence-corrected chi connectivity index (χ2v) is 7.81. The van der Waals surface area contributed by atoms with E-state index in [1.165, 1.54) is 30.5 Å². The van der Waals surface area contributed by atoms with Gasteiger partial charge in [0.1, 0.15) is 11.4 Å². The molecule has 0 saturated carbocycles. The Morgan fingerprint density at radius 3 is 2.62 bits per heavy atom. The lowest BCUT2D eigenvalue weighted by Crippen LogP contribution is -2.14. The molecule has 174 valence electrons. The summed E-state index contributed by atoms with van der Waals surface area (Å²) in [5, 5.41) is 17.1. The van der Waals surface area contributed by atoms with Crippen molar-refractivity contribution >= 4 is 29.1 Å². The SMILES string of the molecule is CCc1cccc(-c2cc(Nc3ccc(Cl)cc3C(=O)O)n(-c3ncccc3C(F)(F)F)n2)c1. The summed E-state index contributed by atoms with van der Waals surface area (Å²) in [6.07, 6.45) is -2.68. The predicted octanol–water partition coefficient (Wildman–Crippen LogP) is 6.61. The Labute approximate surface area is 197 Å². The largest absolute Gasteiger partial charge is 0.478 e. The first kappa shape index (κ1) is 23.3. The fraction of sp³-hybridized carbons (Fsp3) is 0.125. The van der Waals surface area contributed by atoms with E-state index in [1.807, 2.05) is 25.1 Å². The highest BCUT2D eigenvalue weighted by atomic mass is 35.5. The zero-order chi connectivity index (χ0) is 24.5.